The molecular formula is C23H27F2NO3. The minimum absolute atomic E-state index is 0.0393. The van der Waals surface area contributed by atoms with Gasteiger partial charge in [0.15, 0.2) is 0 Å². The van der Waals surface area contributed by atoms with Crippen molar-refractivity contribution in [2.24, 2.45) is 0 Å². The van der Waals surface area contributed by atoms with Crippen molar-refractivity contribution in [3.8, 4) is 0 Å². The Morgan fingerprint density at radius 1 is 0.931 bits per heavy atom. The molecule has 2 aromatic rings. The second-order valence-electron chi connectivity index (χ2n) is 7.95. The largest absolute Gasteiger partial charge is 0.365 e. The molecule has 2 bridgehead atoms. The molecule has 0 amide bonds. The average molecular weight is 403 g/mol. The van der Waals surface area contributed by atoms with Gasteiger partial charge in [0.2, 0.25) is 0 Å². The van der Waals surface area contributed by atoms with Crippen molar-refractivity contribution in [1.29, 1.82) is 0 Å². The summed E-state index contributed by atoms with van der Waals surface area (Å²) < 4.78 is 44.4. The van der Waals surface area contributed by atoms with Crippen molar-refractivity contribution in [2.45, 2.75) is 49.7 Å². The highest BCUT2D eigenvalue weighted by Gasteiger charge is 2.46. The zero-order valence-corrected chi connectivity index (χ0v) is 16.8. The molecule has 2 aliphatic rings. The molecule has 0 spiro atoms. The minimum Gasteiger partial charge on any atom is -0.365 e. The minimum atomic E-state index is -0.373. The fraction of sp³-hybridized carbons (Fsp3) is 0.478. The molecule has 0 aromatic heterocycles. The molecule has 2 fully saturated rings. The monoisotopic (exact) mass is 403 g/mol. The van der Waals surface area contributed by atoms with Gasteiger partial charge < -0.3 is 14.2 Å². The SMILES string of the molecule is COCO[C@H]1C[C@@H]2C[C@H](OC(c3ccc(F)cc3)c3ccc(F)cc3)C[C@H]1N2C. The van der Waals surface area contributed by atoms with Crippen molar-refractivity contribution in [2.75, 3.05) is 21.0 Å². The molecule has 29 heavy (non-hydrogen) atoms. The Hall–Kier alpha value is -1.86. The Labute approximate surface area is 170 Å². The second-order valence-corrected chi connectivity index (χ2v) is 7.95. The first kappa shape index (κ1) is 20.4. The highest BCUT2D eigenvalue weighted by atomic mass is 19.1. The summed E-state index contributed by atoms with van der Waals surface area (Å²) in [5.74, 6) is -0.579. The van der Waals surface area contributed by atoms with Gasteiger partial charge in [-0.05, 0) is 61.7 Å². The van der Waals surface area contributed by atoms with E-state index in [1.807, 2.05) is 0 Å². The Balaban J connectivity index is 1.54. The van der Waals surface area contributed by atoms with Gasteiger partial charge in [0.05, 0.1) is 12.2 Å². The van der Waals surface area contributed by atoms with Gasteiger partial charge in [-0.3, -0.25) is 4.90 Å². The summed E-state index contributed by atoms with van der Waals surface area (Å²) in [5, 5.41) is 0. The number of hydrogen-bond acceptors (Lipinski definition) is 4. The molecule has 2 saturated heterocycles. The molecule has 0 aliphatic carbocycles. The molecule has 2 heterocycles. The van der Waals surface area contributed by atoms with E-state index in [0.29, 0.717) is 12.8 Å². The van der Waals surface area contributed by atoms with Crippen LogP contribution in [0.5, 0.6) is 0 Å². The van der Waals surface area contributed by atoms with Crippen LogP contribution in [-0.4, -0.2) is 50.1 Å². The maximum Gasteiger partial charge on any atom is 0.146 e. The number of nitrogens with zero attached hydrogens (tertiary/aromatic N) is 1. The Bertz CT molecular complexity index is 753. The van der Waals surface area contributed by atoms with Crippen LogP contribution in [0.1, 0.15) is 36.5 Å². The van der Waals surface area contributed by atoms with Crippen molar-refractivity contribution < 1.29 is 23.0 Å². The first-order chi connectivity index (χ1) is 14.0. The molecule has 0 saturated carbocycles. The lowest BCUT2D eigenvalue weighted by atomic mass is 9.97. The van der Waals surface area contributed by atoms with Gasteiger partial charge in [-0.1, -0.05) is 24.3 Å². The predicted octanol–water partition coefficient (Wildman–Crippen LogP) is 4.30. The maximum atomic E-state index is 13.4. The van der Waals surface area contributed by atoms with Crippen molar-refractivity contribution in [3.63, 3.8) is 0 Å². The predicted molar refractivity (Wildman–Crippen MR) is 105 cm³/mol. The molecule has 4 nitrogen and oxygen atoms in total. The molecular weight excluding hydrogens is 376 g/mol. The standard InChI is InChI=1S/C23H27F2NO3/c1-26-19-11-20(13-21(26)22(12-19)28-14-27-2)29-23(15-3-7-17(24)8-4-15)16-5-9-18(25)10-6-16/h3-10,19-23H,11-14H2,1-2H3/t19-,20-,21+,22-/m0/s1. The van der Waals surface area contributed by atoms with Crippen LogP contribution >= 0.6 is 0 Å². The van der Waals surface area contributed by atoms with Crippen LogP contribution in [0.4, 0.5) is 8.78 Å². The number of methoxy groups -OCH3 is 1. The summed E-state index contributed by atoms with van der Waals surface area (Å²) in [4.78, 5) is 2.38. The molecule has 0 unspecified atom stereocenters. The number of halogens is 2. The zero-order valence-electron chi connectivity index (χ0n) is 16.8. The normalized spacial score (nSPS) is 26.9. The third kappa shape index (κ3) is 4.51. The second kappa shape index (κ2) is 8.88. The van der Waals surface area contributed by atoms with Gasteiger partial charge in [0, 0.05) is 19.2 Å². The highest BCUT2D eigenvalue weighted by molar-refractivity contribution is 5.30. The number of benzene rings is 2. The van der Waals surface area contributed by atoms with E-state index in [-0.39, 0.29) is 36.0 Å². The molecule has 4 rings (SSSR count). The van der Waals surface area contributed by atoms with Gasteiger partial charge in [0.1, 0.15) is 24.5 Å². The van der Waals surface area contributed by atoms with Gasteiger partial charge in [-0.25, -0.2) is 8.78 Å². The zero-order chi connectivity index (χ0) is 20.4. The van der Waals surface area contributed by atoms with Crippen molar-refractivity contribution in [3.05, 3.63) is 71.3 Å². The van der Waals surface area contributed by atoms with Crippen LogP contribution in [0.3, 0.4) is 0 Å². The molecule has 6 heteroatoms. The van der Waals surface area contributed by atoms with Crippen LogP contribution in [0, 0.1) is 11.6 Å². The average Bonchev–Trinajstić information content (AvgIpc) is 2.89. The number of fused-ring (bicyclic) bond motifs is 2. The third-order valence-electron chi connectivity index (χ3n) is 6.15. The van der Waals surface area contributed by atoms with E-state index in [1.54, 1.807) is 31.4 Å². The molecule has 156 valence electrons. The number of rotatable bonds is 7. The number of likely N-dealkylation sites (N-methyl/N-ethyl adjacent to an activating group) is 1. The van der Waals surface area contributed by atoms with Crippen LogP contribution in [0.25, 0.3) is 0 Å². The van der Waals surface area contributed by atoms with E-state index in [9.17, 15) is 8.78 Å². The Morgan fingerprint density at radius 2 is 1.52 bits per heavy atom. The van der Waals surface area contributed by atoms with Crippen molar-refractivity contribution in [1.82, 2.24) is 4.90 Å². The number of hydrogen-bond donors (Lipinski definition) is 0. The van der Waals surface area contributed by atoms with Gasteiger partial charge in [0.25, 0.3) is 0 Å². The lowest BCUT2D eigenvalue weighted by molar-refractivity contribution is -0.0933. The first-order valence-electron chi connectivity index (χ1n) is 10.0. The van der Waals surface area contributed by atoms with Crippen LogP contribution in [0.2, 0.25) is 0 Å². The topological polar surface area (TPSA) is 30.9 Å². The van der Waals surface area contributed by atoms with E-state index >= 15 is 0 Å². The molecule has 4 atom stereocenters. The summed E-state index contributed by atoms with van der Waals surface area (Å²) >= 11 is 0. The summed E-state index contributed by atoms with van der Waals surface area (Å²) in [6.45, 7) is 0.293. The van der Waals surface area contributed by atoms with Gasteiger partial charge in [-0.15, -0.1) is 0 Å². The molecule has 2 aromatic carbocycles. The van der Waals surface area contributed by atoms with E-state index in [1.165, 1.54) is 24.3 Å². The van der Waals surface area contributed by atoms with E-state index in [2.05, 4.69) is 11.9 Å². The summed E-state index contributed by atoms with van der Waals surface area (Å²) in [6, 6.07) is 13.3. The fourth-order valence-corrected chi connectivity index (χ4v) is 4.64. The molecule has 0 N–H and O–H groups in total. The van der Waals surface area contributed by atoms with Crippen LogP contribution < -0.4 is 0 Å². The summed E-state index contributed by atoms with van der Waals surface area (Å²) in [7, 11) is 3.77. The first-order valence-corrected chi connectivity index (χ1v) is 10.0. The smallest absolute Gasteiger partial charge is 0.146 e. The maximum absolute atomic E-state index is 13.4. The molecule has 2 aliphatic heterocycles. The quantitative estimate of drug-likeness (QED) is 0.645. The summed E-state index contributed by atoms with van der Waals surface area (Å²) in [6.07, 6.45) is 2.51. The lowest BCUT2D eigenvalue weighted by Gasteiger charge is -2.38. The number of piperidine rings is 1. The highest BCUT2D eigenvalue weighted by Crippen LogP contribution is 2.40. The lowest BCUT2D eigenvalue weighted by Crippen LogP contribution is -2.45. The number of ether oxygens (including phenoxy) is 3. The summed E-state index contributed by atoms with van der Waals surface area (Å²) in [5.41, 5.74) is 1.72. The van der Waals surface area contributed by atoms with E-state index in [0.717, 1.165) is 30.4 Å². The fourth-order valence-electron chi connectivity index (χ4n) is 4.64. The molecule has 0 radical (unpaired) electrons. The van der Waals surface area contributed by atoms with E-state index in [4.69, 9.17) is 14.2 Å². The van der Waals surface area contributed by atoms with Crippen molar-refractivity contribution >= 4 is 0 Å². The van der Waals surface area contributed by atoms with Crippen LogP contribution in [-0.2, 0) is 14.2 Å². The van der Waals surface area contributed by atoms with E-state index < -0.39 is 0 Å². The van der Waals surface area contributed by atoms with Gasteiger partial charge in [-0.2, -0.15) is 0 Å². The Kier molecular flexibility index (Phi) is 6.25. The van der Waals surface area contributed by atoms with Crippen LogP contribution in [0.15, 0.2) is 48.5 Å². The third-order valence-corrected chi connectivity index (χ3v) is 6.15. The van der Waals surface area contributed by atoms with Gasteiger partial charge >= 0.3 is 0 Å². The Morgan fingerprint density at radius 3 is 2.07 bits per heavy atom.